The molecule has 0 radical (unpaired) electrons. The van der Waals surface area contributed by atoms with Gasteiger partial charge in [0.2, 0.25) is 10.0 Å². The summed E-state index contributed by atoms with van der Waals surface area (Å²) < 4.78 is 25.1. The fourth-order valence-electron chi connectivity index (χ4n) is 1.90. The SMILES string of the molecule is CN(C)S(=O)(=O)c1ccc(C(=O)NCCSCc2cccs2)cc1. The second-order valence-electron chi connectivity index (χ2n) is 5.20. The van der Waals surface area contributed by atoms with Gasteiger partial charge in [0.15, 0.2) is 0 Å². The van der Waals surface area contributed by atoms with Crippen molar-refractivity contribution in [3.63, 3.8) is 0 Å². The van der Waals surface area contributed by atoms with Gasteiger partial charge >= 0.3 is 0 Å². The van der Waals surface area contributed by atoms with Gasteiger partial charge in [-0.05, 0) is 35.7 Å². The molecule has 130 valence electrons. The highest BCUT2D eigenvalue weighted by molar-refractivity contribution is 7.98. The van der Waals surface area contributed by atoms with Gasteiger partial charge < -0.3 is 5.32 Å². The molecule has 0 aliphatic carbocycles. The number of hydrogen-bond donors (Lipinski definition) is 1. The summed E-state index contributed by atoms with van der Waals surface area (Å²) in [7, 11) is -0.514. The quantitative estimate of drug-likeness (QED) is 0.711. The van der Waals surface area contributed by atoms with Crippen molar-refractivity contribution in [1.82, 2.24) is 9.62 Å². The predicted molar refractivity (Wildman–Crippen MR) is 100 cm³/mol. The Balaban J connectivity index is 1.80. The minimum Gasteiger partial charge on any atom is -0.351 e. The first-order chi connectivity index (χ1) is 11.4. The van der Waals surface area contributed by atoms with Crippen LogP contribution in [0.1, 0.15) is 15.2 Å². The van der Waals surface area contributed by atoms with Gasteiger partial charge in [-0.25, -0.2) is 12.7 Å². The van der Waals surface area contributed by atoms with Crippen LogP contribution in [0.5, 0.6) is 0 Å². The van der Waals surface area contributed by atoms with E-state index in [9.17, 15) is 13.2 Å². The van der Waals surface area contributed by atoms with Gasteiger partial charge in [0.05, 0.1) is 4.90 Å². The van der Waals surface area contributed by atoms with Gasteiger partial charge in [0.1, 0.15) is 0 Å². The highest BCUT2D eigenvalue weighted by Gasteiger charge is 2.17. The maximum Gasteiger partial charge on any atom is 0.251 e. The van der Waals surface area contributed by atoms with E-state index in [0.717, 1.165) is 15.8 Å². The number of carbonyl (C=O) groups excluding carboxylic acids is 1. The third kappa shape index (κ3) is 5.07. The summed E-state index contributed by atoms with van der Waals surface area (Å²) in [5.74, 6) is 1.59. The minimum atomic E-state index is -3.47. The van der Waals surface area contributed by atoms with E-state index in [1.807, 2.05) is 6.07 Å². The van der Waals surface area contributed by atoms with Crippen molar-refractivity contribution in [3.05, 3.63) is 52.2 Å². The van der Waals surface area contributed by atoms with Crippen LogP contribution in [0.3, 0.4) is 0 Å². The lowest BCUT2D eigenvalue weighted by Crippen LogP contribution is -2.26. The van der Waals surface area contributed by atoms with Crippen molar-refractivity contribution in [2.24, 2.45) is 0 Å². The molecule has 0 atom stereocenters. The zero-order valence-corrected chi connectivity index (χ0v) is 16.0. The average Bonchev–Trinajstić information content (AvgIpc) is 3.07. The Morgan fingerprint density at radius 1 is 1.21 bits per heavy atom. The van der Waals surface area contributed by atoms with E-state index < -0.39 is 10.0 Å². The maximum absolute atomic E-state index is 12.1. The number of hydrogen-bond acceptors (Lipinski definition) is 5. The summed E-state index contributed by atoms with van der Waals surface area (Å²) in [6.07, 6.45) is 0. The number of benzene rings is 1. The summed E-state index contributed by atoms with van der Waals surface area (Å²) in [5.41, 5.74) is 0.455. The molecule has 1 heterocycles. The van der Waals surface area contributed by atoms with Crippen LogP contribution in [0.4, 0.5) is 0 Å². The summed E-state index contributed by atoms with van der Waals surface area (Å²) >= 11 is 3.50. The molecule has 24 heavy (non-hydrogen) atoms. The Morgan fingerprint density at radius 3 is 2.50 bits per heavy atom. The number of nitrogens with one attached hydrogen (secondary N) is 1. The highest BCUT2D eigenvalue weighted by Crippen LogP contribution is 2.17. The topological polar surface area (TPSA) is 66.5 Å². The lowest BCUT2D eigenvalue weighted by atomic mass is 10.2. The van der Waals surface area contributed by atoms with Crippen molar-refractivity contribution in [2.75, 3.05) is 26.4 Å². The lowest BCUT2D eigenvalue weighted by molar-refractivity contribution is 0.0956. The molecule has 1 amide bonds. The molecule has 0 aliphatic rings. The van der Waals surface area contributed by atoms with Crippen LogP contribution in [0.2, 0.25) is 0 Å². The smallest absolute Gasteiger partial charge is 0.251 e. The van der Waals surface area contributed by atoms with Crippen LogP contribution in [0.15, 0.2) is 46.7 Å². The molecule has 0 fully saturated rings. The van der Waals surface area contributed by atoms with E-state index in [1.165, 1.54) is 43.2 Å². The Morgan fingerprint density at radius 2 is 1.92 bits per heavy atom. The van der Waals surface area contributed by atoms with Crippen LogP contribution in [-0.2, 0) is 15.8 Å². The zero-order chi connectivity index (χ0) is 17.6. The molecule has 1 aromatic carbocycles. The zero-order valence-electron chi connectivity index (χ0n) is 13.6. The van der Waals surface area contributed by atoms with Crippen LogP contribution in [0.25, 0.3) is 0 Å². The van der Waals surface area contributed by atoms with Crippen LogP contribution in [-0.4, -0.2) is 45.0 Å². The van der Waals surface area contributed by atoms with E-state index in [0.29, 0.717) is 12.1 Å². The molecule has 0 saturated carbocycles. The van der Waals surface area contributed by atoms with Gasteiger partial charge in [-0.15, -0.1) is 11.3 Å². The van der Waals surface area contributed by atoms with E-state index in [2.05, 4.69) is 16.8 Å². The molecule has 0 unspecified atom stereocenters. The molecule has 2 aromatic rings. The molecule has 0 aliphatic heterocycles. The number of thioether (sulfide) groups is 1. The molecule has 1 N–H and O–H groups in total. The van der Waals surface area contributed by atoms with Gasteiger partial charge in [0, 0.05) is 42.6 Å². The van der Waals surface area contributed by atoms with E-state index >= 15 is 0 Å². The van der Waals surface area contributed by atoms with Gasteiger partial charge in [-0.2, -0.15) is 11.8 Å². The first-order valence-corrected chi connectivity index (χ1v) is 10.8. The van der Waals surface area contributed by atoms with Crippen molar-refractivity contribution in [1.29, 1.82) is 0 Å². The molecule has 8 heteroatoms. The minimum absolute atomic E-state index is 0.176. The normalized spacial score (nSPS) is 11.6. The van der Waals surface area contributed by atoms with Gasteiger partial charge in [-0.3, -0.25) is 4.79 Å². The highest BCUT2D eigenvalue weighted by atomic mass is 32.2. The van der Waals surface area contributed by atoms with Gasteiger partial charge in [0.25, 0.3) is 5.91 Å². The number of thiophene rings is 1. The van der Waals surface area contributed by atoms with Crippen LogP contribution >= 0.6 is 23.1 Å². The molecular weight excluding hydrogens is 364 g/mol. The number of carbonyl (C=O) groups is 1. The van der Waals surface area contributed by atoms with E-state index in [4.69, 9.17) is 0 Å². The summed E-state index contributed by atoms with van der Waals surface area (Å²) in [6.45, 7) is 0.576. The third-order valence-electron chi connectivity index (χ3n) is 3.25. The Labute approximate surface area is 151 Å². The predicted octanol–water partition coefficient (Wildman–Crippen LogP) is 2.66. The second-order valence-corrected chi connectivity index (χ2v) is 9.49. The van der Waals surface area contributed by atoms with Gasteiger partial charge in [-0.1, -0.05) is 6.07 Å². The maximum atomic E-state index is 12.1. The first kappa shape index (κ1) is 19.0. The number of nitrogens with zero attached hydrogens (tertiary/aromatic N) is 1. The molecule has 5 nitrogen and oxygen atoms in total. The molecule has 1 aromatic heterocycles. The summed E-state index contributed by atoms with van der Waals surface area (Å²) in [4.78, 5) is 13.6. The standard InChI is InChI=1S/C16H20N2O3S3/c1-18(2)24(20,21)15-7-5-13(6-8-15)16(19)17-9-11-22-12-14-4-3-10-23-14/h3-8,10H,9,11-12H2,1-2H3,(H,17,19). The number of sulfonamides is 1. The molecule has 0 saturated heterocycles. The molecule has 2 rings (SSSR count). The first-order valence-electron chi connectivity index (χ1n) is 7.32. The largest absolute Gasteiger partial charge is 0.351 e. The van der Waals surface area contributed by atoms with Crippen molar-refractivity contribution >= 4 is 39.0 Å². The fraction of sp³-hybridized carbons (Fsp3) is 0.312. The molecule has 0 bridgehead atoms. The van der Waals surface area contributed by atoms with Crippen LogP contribution < -0.4 is 5.32 Å². The lowest BCUT2D eigenvalue weighted by Gasteiger charge is -2.11. The van der Waals surface area contributed by atoms with Crippen molar-refractivity contribution in [3.8, 4) is 0 Å². The summed E-state index contributed by atoms with van der Waals surface area (Å²) in [6, 6.07) is 10.1. The van der Waals surface area contributed by atoms with E-state index in [1.54, 1.807) is 23.1 Å². The Kier molecular flexibility index (Phi) is 6.85. The Bertz CT molecular complexity index is 754. The van der Waals surface area contributed by atoms with Crippen LogP contribution in [0, 0.1) is 0 Å². The fourth-order valence-corrected chi connectivity index (χ4v) is 4.50. The number of rotatable bonds is 8. The second kappa shape index (κ2) is 8.66. The van der Waals surface area contributed by atoms with Crippen molar-refractivity contribution < 1.29 is 13.2 Å². The third-order valence-corrected chi connectivity index (χ3v) is 7.15. The van der Waals surface area contributed by atoms with E-state index in [-0.39, 0.29) is 10.8 Å². The number of amides is 1. The molecule has 0 spiro atoms. The summed E-state index contributed by atoms with van der Waals surface area (Å²) in [5, 5.41) is 4.90. The average molecular weight is 385 g/mol. The molecular formula is C16H20N2O3S3. The monoisotopic (exact) mass is 384 g/mol. The Hall–Kier alpha value is -1.35. The van der Waals surface area contributed by atoms with Crippen molar-refractivity contribution in [2.45, 2.75) is 10.6 Å².